The molecule has 0 saturated carbocycles. The minimum absolute atomic E-state index is 0.0554. The molecule has 0 fully saturated rings. The minimum Gasteiger partial charge on any atom is -0.468 e. The van der Waals surface area contributed by atoms with E-state index in [1.165, 1.54) is 6.20 Å². The van der Waals surface area contributed by atoms with E-state index in [1.807, 2.05) is 13.0 Å². The summed E-state index contributed by atoms with van der Waals surface area (Å²) in [5.74, 6) is 0.0568. The van der Waals surface area contributed by atoms with E-state index in [0.717, 1.165) is 11.3 Å². The quantitative estimate of drug-likeness (QED) is 0.650. The van der Waals surface area contributed by atoms with E-state index in [-0.39, 0.29) is 17.7 Å². The molecule has 0 atom stereocenters. The van der Waals surface area contributed by atoms with Crippen molar-refractivity contribution in [2.45, 2.75) is 40.4 Å². The lowest BCUT2D eigenvalue weighted by atomic mass is 10.2. The van der Waals surface area contributed by atoms with Gasteiger partial charge < -0.3 is 10.1 Å². The highest BCUT2D eigenvalue weighted by Crippen LogP contribution is 2.24. The lowest BCUT2D eigenvalue weighted by Crippen LogP contribution is -2.20. The predicted octanol–water partition coefficient (Wildman–Crippen LogP) is 4.03. The molecule has 3 aromatic heterocycles. The third-order valence-electron chi connectivity index (χ3n) is 4.25. The van der Waals surface area contributed by atoms with Gasteiger partial charge in [-0.05, 0) is 31.5 Å². The van der Waals surface area contributed by atoms with Crippen molar-refractivity contribution in [3.05, 3.63) is 41.3 Å². The number of nitrogens with one attached hydrogen (secondary N) is 1. The summed E-state index contributed by atoms with van der Waals surface area (Å²) in [6, 6.07) is 3.52. The number of rotatable bonds is 6. The molecule has 0 saturated heterocycles. The molecule has 0 unspecified atom stereocenters. The Morgan fingerprint density at radius 1 is 1.27 bits per heavy atom. The minimum atomic E-state index is -4.42. The maximum Gasteiger partial charge on any atom is 0.422 e. The molecule has 0 aliphatic carbocycles. The standard InChI is InChI=1S/C20H22F3N5O2/c1-11(2)18(29)26-17-15-9-28(27-16(15)6-13(4)25-17)8-14-5-12(3)19(24-7-14)30-10-20(21,22)23/h5-7,9,11H,8,10H2,1-4H3,(H,25,26,29). The number of aromatic nitrogens is 4. The summed E-state index contributed by atoms with van der Waals surface area (Å²) in [4.78, 5) is 20.5. The summed E-state index contributed by atoms with van der Waals surface area (Å²) >= 11 is 0. The molecule has 30 heavy (non-hydrogen) atoms. The number of nitrogens with zero attached hydrogens (tertiary/aromatic N) is 4. The van der Waals surface area contributed by atoms with Gasteiger partial charge in [0.15, 0.2) is 6.61 Å². The number of amides is 1. The largest absolute Gasteiger partial charge is 0.468 e. The van der Waals surface area contributed by atoms with Gasteiger partial charge >= 0.3 is 6.18 Å². The van der Waals surface area contributed by atoms with E-state index in [4.69, 9.17) is 4.74 Å². The van der Waals surface area contributed by atoms with Crippen LogP contribution in [0.2, 0.25) is 0 Å². The second-order valence-corrected chi connectivity index (χ2v) is 7.39. The Morgan fingerprint density at radius 3 is 2.63 bits per heavy atom. The number of carbonyl (C=O) groups is 1. The monoisotopic (exact) mass is 421 g/mol. The van der Waals surface area contributed by atoms with Crippen LogP contribution in [0.3, 0.4) is 0 Å². The van der Waals surface area contributed by atoms with Gasteiger partial charge in [-0.2, -0.15) is 18.3 Å². The first-order valence-corrected chi connectivity index (χ1v) is 9.32. The van der Waals surface area contributed by atoms with E-state index < -0.39 is 12.8 Å². The fraction of sp³-hybridized carbons (Fsp3) is 0.400. The zero-order valence-corrected chi connectivity index (χ0v) is 17.0. The molecule has 1 amide bonds. The van der Waals surface area contributed by atoms with Crippen LogP contribution in [0, 0.1) is 19.8 Å². The van der Waals surface area contributed by atoms with E-state index in [2.05, 4.69) is 20.4 Å². The summed E-state index contributed by atoms with van der Waals surface area (Å²) < 4.78 is 43.4. The molecule has 3 aromatic rings. The Bertz CT molecular complexity index is 1080. The molecule has 3 rings (SSSR count). The van der Waals surface area contributed by atoms with Crippen LogP contribution >= 0.6 is 0 Å². The summed E-state index contributed by atoms with van der Waals surface area (Å²) in [6.07, 6.45) is -1.20. The third kappa shape index (κ3) is 5.25. The smallest absolute Gasteiger partial charge is 0.422 e. The molecule has 0 aliphatic heterocycles. The van der Waals surface area contributed by atoms with E-state index >= 15 is 0 Å². The molecule has 0 radical (unpaired) electrons. The van der Waals surface area contributed by atoms with Crippen molar-refractivity contribution in [3.63, 3.8) is 0 Å². The molecule has 0 aliphatic rings. The van der Waals surface area contributed by atoms with Gasteiger partial charge in [0.25, 0.3) is 0 Å². The van der Waals surface area contributed by atoms with E-state index in [0.29, 0.717) is 28.8 Å². The zero-order valence-electron chi connectivity index (χ0n) is 17.0. The van der Waals surface area contributed by atoms with Gasteiger partial charge in [0.05, 0.1) is 17.4 Å². The highest BCUT2D eigenvalue weighted by Gasteiger charge is 2.29. The lowest BCUT2D eigenvalue weighted by Gasteiger charge is -2.11. The highest BCUT2D eigenvalue weighted by molar-refractivity contribution is 5.99. The normalized spacial score (nSPS) is 11.9. The number of hydrogen-bond donors (Lipinski definition) is 1. The lowest BCUT2D eigenvalue weighted by molar-refractivity contribution is -0.154. The van der Waals surface area contributed by atoms with Crippen LogP contribution < -0.4 is 10.1 Å². The van der Waals surface area contributed by atoms with Crippen molar-refractivity contribution in [2.24, 2.45) is 5.92 Å². The van der Waals surface area contributed by atoms with Crippen LogP contribution in [0.25, 0.3) is 10.9 Å². The van der Waals surface area contributed by atoms with Gasteiger partial charge in [-0.3, -0.25) is 9.48 Å². The molecule has 3 heterocycles. The number of carbonyl (C=O) groups excluding carboxylic acids is 1. The molecular formula is C20H22F3N5O2. The first kappa shape index (κ1) is 21.5. The van der Waals surface area contributed by atoms with Crippen LogP contribution in [-0.4, -0.2) is 38.4 Å². The van der Waals surface area contributed by atoms with Crippen LogP contribution in [0.5, 0.6) is 5.88 Å². The number of aryl methyl sites for hydroxylation is 2. The molecule has 10 heteroatoms. The Labute approximate surface area is 171 Å². The van der Waals surface area contributed by atoms with E-state index in [1.54, 1.807) is 37.7 Å². The van der Waals surface area contributed by atoms with Gasteiger partial charge in [0.2, 0.25) is 11.8 Å². The van der Waals surface area contributed by atoms with Gasteiger partial charge in [-0.1, -0.05) is 13.8 Å². The molecule has 1 N–H and O–H groups in total. The Kier molecular flexibility index (Phi) is 5.95. The second kappa shape index (κ2) is 8.29. The van der Waals surface area contributed by atoms with Crippen molar-refractivity contribution in [3.8, 4) is 5.88 Å². The zero-order chi connectivity index (χ0) is 22.1. The third-order valence-corrected chi connectivity index (χ3v) is 4.25. The topological polar surface area (TPSA) is 81.9 Å². The molecule has 0 spiro atoms. The average molecular weight is 421 g/mol. The number of fused-ring (bicyclic) bond motifs is 1. The van der Waals surface area contributed by atoms with Gasteiger partial charge in [-0.15, -0.1) is 0 Å². The number of ether oxygens (including phenoxy) is 1. The number of alkyl halides is 3. The van der Waals surface area contributed by atoms with Gasteiger partial charge in [0, 0.05) is 29.6 Å². The maximum absolute atomic E-state index is 12.3. The maximum atomic E-state index is 12.3. The van der Waals surface area contributed by atoms with E-state index in [9.17, 15) is 18.0 Å². The van der Waals surface area contributed by atoms with Crippen molar-refractivity contribution < 1.29 is 22.7 Å². The van der Waals surface area contributed by atoms with Crippen LogP contribution in [0.15, 0.2) is 24.5 Å². The summed E-state index contributed by atoms with van der Waals surface area (Å²) in [5, 5.41) is 8.04. The molecule has 0 aromatic carbocycles. The summed E-state index contributed by atoms with van der Waals surface area (Å²) in [7, 11) is 0. The van der Waals surface area contributed by atoms with Crippen molar-refractivity contribution in [2.75, 3.05) is 11.9 Å². The summed E-state index contributed by atoms with van der Waals surface area (Å²) in [5.41, 5.74) is 2.64. The number of anilines is 1. The first-order chi connectivity index (χ1) is 14.0. The van der Waals surface area contributed by atoms with Gasteiger partial charge in [0.1, 0.15) is 5.82 Å². The predicted molar refractivity (Wildman–Crippen MR) is 105 cm³/mol. The Hall–Kier alpha value is -3.17. The fourth-order valence-corrected chi connectivity index (χ4v) is 2.82. The Morgan fingerprint density at radius 2 is 2.00 bits per heavy atom. The SMILES string of the molecule is Cc1cc2nn(Cc3cnc(OCC(F)(F)F)c(C)c3)cc2c(NC(=O)C(C)C)n1. The number of hydrogen-bond acceptors (Lipinski definition) is 5. The van der Waals surface area contributed by atoms with Crippen molar-refractivity contribution >= 4 is 22.6 Å². The van der Waals surface area contributed by atoms with Crippen molar-refractivity contribution in [1.29, 1.82) is 0 Å². The molecule has 160 valence electrons. The highest BCUT2D eigenvalue weighted by atomic mass is 19.4. The van der Waals surface area contributed by atoms with Crippen LogP contribution in [-0.2, 0) is 11.3 Å². The van der Waals surface area contributed by atoms with Crippen molar-refractivity contribution in [1.82, 2.24) is 19.7 Å². The molecule has 7 nitrogen and oxygen atoms in total. The first-order valence-electron chi connectivity index (χ1n) is 9.32. The van der Waals surface area contributed by atoms with Gasteiger partial charge in [-0.25, -0.2) is 9.97 Å². The Balaban J connectivity index is 1.82. The van der Waals surface area contributed by atoms with Crippen LogP contribution in [0.4, 0.5) is 19.0 Å². The fourth-order valence-electron chi connectivity index (χ4n) is 2.82. The number of pyridine rings is 2. The number of halogens is 3. The average Bonchev–Trinajstić information content (AvgIpc) is 3.02. The van der Waals surface area contributed by atoms with Crippen LogP contribution in [0.1, 0.15) is 30.7 Å². The summed E-state index contributed by atoms with van der Waals surface area (Å²) in [6.45, 7) is 6.00. The second-order valence-electron chi connectivity index (χ2n) is 7.39. The molecular weight excluding hydrogens is 399 g/mol. The molecule has 0 bridgehead atoms.